The molecule has 0 unspecified atom stereocenters. The van der Waals surface area contributed by atoms with Crippen molar-refractivity contribution in [3.05, 3.63) is 48.6 Å². The molecule has 1 amide bonds. The third-order valence-electron chi connectivity index (χ3n) is 2.43. The molecular weight excluding hydrogens is 232 g/mol. The number of nitrogens with zero attached hydrogens (tertiary/aromatic N) is 2. The van der Waals surface area contributed by atoms with Crippen LogP contribution in [0.5, 0.6) is 0 Å². The molecule has 0 N–H and O–H groups in total. The van der Waals surface area contributed by atoms with E-state index in [1.54, 1.807) is 23.9 Å². The smallest absolute Gasteiger partial charge is 0.279 e. The van der Waals surface area contributed by atoms with Gasteiger partial charge in [0, 0.05) is 24.4 Å². The summed E-state index contributed by atoms with van der Waals surface area (Å²) >= 11 is 1.62. The highest BCUT2D eigenvalue weighted by molar-refractivity contribution is 8.14. The van der Waals surface area contributed by atoms with Crippen molar-refractivity contribution >= 4 is 22.8 Å². The summed E-state index contributed by atoms with van der Waals surface area (Å²) in [4.78, 5) is 18.1. The van der Waals surface area contributed by atoms with Crippen LogP contribution in [0.1, 0.15) is 10.4 Å². The molecule has 88 valence electrons. The number of thioether (sulfide) groups is 1. The van der Waals surface area contributed by atoms with E-state index in [-0.39, 0.29) is 5.91 Å². The van der Waals surface area contributed by atoms with E-state index in [1.165, 1.54) is 0 Å². The largest absolute Gasteiger partial charge is 0.347 e. The summed E-state index contributed by atoms with van der Waals surface area (Å²) in [5.41, 5.74) is 0.631. The molecule has 3 nitrogen and oxygen atoms in total. The zero-order chi connectivity index (χ0) is 12.1. The summed E-state index contributed by atoms with van der Waals surface area (Å²) in [6, 6.07) is 9.14. The van der Waals surface area contributed by atoms with Gasteiger partial charge in [0.15, 0.2) is 5.17 Å². The highest BCUT2D eigenvalue weighted by Crippen LogP contribution is 2.18. The Morgan fingerprint density at radius 3 is 2.94 bits per heavy atom. The number of rotatable bonds is 3. The van der Waals surface area contributed by atoms with E-state index >= 15 is 0 Å². The van der Waals surface area contributed by atoms with Crippen LogP contribution in [0.3, 0.4) is 0 Å². The van der Waals surface area contributed by atoms with Gasteiger partial charge in [-0.15, -0.1) is 6.58 Å². The molecule has 17 heavy (non-hydrogen) atoms. The minimum Gasteiger partial charge on any atom is -0.347 e. The second-order valence-electron chi connectivity index (χ2n) is 3.65. The lowest BCUT2D eigenvalue weighted by Crippen LogP contribution is -2.25. The molecule has 1 heterocycles. The van der Waals surface area contributed by atoms with Crippen LogP contribution in [0.4, 0.5) is 0 Å². The van der Waals surface area contributed by atoms with Gasteiger partial charge in [0.05, 0.1) is 0 Å². The lowest BCUT2D eigenvalue weighted by molar-refractivity contribution is 0.100. The maximum Gasteiger partial charge on any atom is 0.279 e. The van der Waals surface area contributed by atoms with Gasteiger partial charge in [-0.2, -0.15) is 4.99 Å². The first kappa shape index (κ1) is 11.9. The van der Waals surface area contributed by atoms with E-state index in [0.29, 0.717) is 5.56 Å². The predicted octanol–water partition coefficient (Wildman–Crippen LogP) is 2.42. The van der Waals surface area contributed by atoms with Gasteiger partial charge >= 0.3 is 0 Å². The van der Waals surface area contributed by atoms with Gasteiger partial charge < -0.3 is 4.90 Å². The first-order valence-electron chi connectivity index (χ1n) is 5.48. The number of hydrogen-bond donors (Lipinski definition) is 0. The van der Waals surface area contributed by atoms with Crippen LogP contribution < -0.4 is 0 Å². The number of hydrogen-bond acceptors (Lipinski definition) is 2. The quantitative estimate of drug-likeness (QED) is 0.768. The average molecular weight is 246 g/mol. The molecule has 0 atom stereocenters. The molecule has 2 rings (SSSR count). The molecule has 1 saturated heterocycles. The fourth-order valence-electron chi connectivity index (χ4n) is 1.59. The van der Waals surface area contributed by atoms with Gasteiger partial charge in [0.25, 0.3) is 5.91 Å². The summed E-state index contributed by atoms with van der Waals surface area (Å²) in [6.45, 7) is 5.38. The first-order chi connectivity index (χ1) is 8.31. The van der Waals surface area contributed by atoms with Crippen molar-refractivity contribution in [1.29, 1.82) is 0 Å². The number of carbonyl (C=O) groups excluding carboxylic acids is 1. The van der Waals surface area contributed by atoms with Crippen molar-refractivity contribution in [2.24, 2.45) is 4.99 Å². The van der Waals surface area contributed by atoms with Crippen LogP contribution in [-0.4, -0.2) is 34.8 Å². The zero-order valence-corrected chi connectivity index (χ0v) is 10.3. The molecule has 1 aliphatic heterocycles. The summed E-state index contributed by atoms with van der Waals surface area (Å²) in [5, 5.41) is 0.804. The van der Waals surface area contributed by atoms with Crippen molar-refractivity contribution in [3.63, 3.8) is 0 Å². The van der Waals surface area contributed by atoms with Crippen molar-refractivity contribution in [3.8, 4) is 0 Å². The Kier molecular flexibility index (Phi) is 3.98. The van der Waals surface area contributed by atoms with E-state index in [2.05, 4.69) is 16.5 Å². The molecule has 0 radical (unpaired) electrons. The summed E-state index contributed by atoms with van der Waals surface area (Å²) in [5.74, 6) is 0.804. The molecule has 1 aromatic carbocycles. The Labute approximate surface area is 105 Å². The number of amidine groups is 1. The van der Waals surface area contributed by atoms with Crippen molar-refractivity contribution < 1.29 is 4.79 Å². The number of benzene rings is 1. The summed E-state index contributed by atoms with van der Waals surface area (Å²) < 4.78 is 0. The predicted molar refractivity (Wildman–Crippen MR) is 72.4 cm³/mol. The Hall–Kier alpha value is -1.55. The van der Waals surface area contributed by atoms with Crippen LogP contribution in [0.15, 0.2) is 48.0 Å². The topological polar surface area (TPSA) is 32.7 Å². The van der Waals surface area contributed by atoms with Crippen LogP contribution >= 0.6 is 11.8 Å². The Bertz CT molecular complexity index is 442. The maximum atomic E-state index is 11.9. The second-order valence-corrected chi connectivity index (χ2v) is 4.71. The van der Waals surface area contributed by atoms with Gasteiger partial charge in [-0.05, 0) is 12.1 Å². The van der Waals surface area contributed by atoms with E-state index in [1.807, 2.05) is 24.3 Å². The Morgan fingerprint density at radius 1 is 1.47 bits per heavy atom. The molecule has 0 aromatic heterocycles. The van der Waals surface area contributed by atoms with Crippen LogP contribution in [0, 0.1) is 0 Å². The van der Waals surface area contributed by atoms with E-state index in [0.717, 1.165) is 24.0 Å². The van der Waals surface area contributed by atoms with Gasteiger partial charge in [0.2, 0.25) is 0 Å². The molecule has 4 heteroatoms. The average Bonchev–Trinajstić information content (AvgIpc) is 2.78. The molecular formula is C13H14N2OS. The Balaban J connectivity index is 2.13. The zero-order valence-electron chi connectivity index (χ0n) is 9.50. The van der Waals surface area contributed by atoms with Crippen LogP contribution in [-0.2, 0) is 0 Å². The fourth-order valence-corrected chi connectivity index (χ4v) is 2.58. The molecule has 0 saturated carbocycles. The van der Waals surface area contributed by atoms with Gasteiger partial charge in [-0.1, -0.05) is 36.0 Å². The molecule has 0 bridgehead atoms. The lowest BCUT2D eigenvalue weighted by Gasteiger charge is -2.14. The SMILES string of the molecule is C=CCN1CCSC1=NC(=O)c1ccccc1. The number of carbonyl (C=O) groups is 1. The lowest BCUT2D eigenvalue weighted by atomic mass is 10.2. The van der Waals surface area contributed by atoms with E-state index < -0.39 is 0 Å². The summed E-state index contributed by atoms with van der Waals surface area (Å²) in [6.07, 6.45) is 1.83. The molecule has 0 spiro atoms. The third-order valence-corrected chi connectivity index (χ3v) is 3.42. The monoisotopic (exact) mass is 246 g/mol. The minimum absolute atomic E-state index is 0.177. The minimum atomic E-state index is -0.177. The summed E-state index contributed by atoms with van der Waals surface area (Å²) in [7, 11) is 0. The molecule has 1 fully saturated rings. The molecule has 1 aliphatic rings. The highest BCUT2D eigenvalue weighted by atomic mass is 32.2. The number of aliphatic imine (C=N–C) groups is 1. The normalized spacial score (nSPS) is 17.4. The van der Waals surface area contributed by atoms with Crippen molar-refractivity contribution in [2.75, 3.05) is 18.8 Å². The van der Waals surface area contributed by atoms with Gasteiger partial charge in [0.1, 0.15) is 0 Å². The van der Waals surface area contributed by atoms with Crippen LogP contribution in [0.2, 0.25) is 0 Å². The fraction of sp³-hybridized carbons (Fsp3) is 0.231. The Morgan fingerprint density at radius 2 is 2.24 bits per heavy atom. The standard InChI is InChI=1S/C13H14N2OS/c1-2-8-15-9-10-17-13(15)14-12(16)11-6-4-3-5-7-11/h2-7H,1,8-10H2. The van der Waals surface area contributed by atoms with E-state index in [9.17, 15) is 4.79 Å². The molecule has 1 aromatic rings. The highest BCUT2D eigenvalue weighted by Gasteiger charge is 2.19. The van der Waals surface area contributed by atoms with Gasteiger partial charge in [-0.3, -0.25) is 4.79 Å². The van der Waals surface area contributed by atoms with Crippen LogP contribution in [0.25, 0.3) is 0 Å². The molecule has 0 aliphatic carbocycles. The number of amides is 1. The van der Waals surface area contributed by atoms with Gasteiger partial charge in [-0.25, -0.2) is 0 Å². The van der Waals surface area contributed by atoms with Crippen molar-refractivity contribution in [1.82, 2.24) is 4.90 Å². The third kappa shape index (κ3) is 2.97. The second kappa shape index (κ2) is 5.68. The first-order valence-corrected chi connectivity index (χ1v) is 6.46. The van der Waals surface area contributed by atoms with Crippen molar-refractivity contribution in [2.45, 2.75) is 0 Å². The maximum absolute atomic E-state index is 11.9. The van der Waals surface area contributed by atoms with E-state index in [4.69, 9.17) is 0 Å².